The Labute approximate surface area is 73.8 Å². The highest BCUT2D eigenvalue weighted by molar-refractivity contribution is 5.73. The molecule has 12 heavy (non-hydrogen) atoms. The van der Waals surface area contributed by atoms with E-state index < -0.39 is 0 Å². The van der Waals surface area contributed by atoms with E-state index in [-0.39, 0.29) is 0 Å². The number of hydrogen-bond donors (Lipinski definition) is 1. The Hall–Kier alpha value is -1.25. The highest BCUT2D eigenvalue weighted by Crippen LogP contribution is 1.90. The number of nitrogens with one attached hydrogen (secondary N) is 1. The van der Waals surface area contributed by atoms with Crippen molar-refractivity contribution in [2.45, 2.75) is 13.8 Å². The second-order valence-electron chi connectivity index (χ2n) is 2.12. The van der Waals surface area contributed by atoms with Gasteiger partial charge in [0.2, 0.25) is 0 Å². The van der Waals surface area contributed by atoms with Crippen LogP contribution >= 0.6 is 0 Å². The van der Waals surface area contributed by atoms with E-state index in [4.69, 9.17) is 4.74 Å². The molecule has 0 aliphatic heterocycles. The molecule has 0 unspecified atom stereocenters. The third-order valence-corrected chi connectivity index (χ3v) is 1.25. The van der Waals surface area contributed by atoms with E-state index in [1.165, 1.54) is 0 Å². The van der Waals surface area contributed by atoms with Crippen molar-refractivity contribution in [1.29, 1.82) is 0 Å². The monoisotopic (exact) mass is 168 g/mol. The van der Waals surface area contributed by atoms with Crippen LogP contribution in [0, 0.1) is 0 Å². The van der Waals surface area contributed by atoms with Crippen molar-refractivity contribution in [2.75, 3.05) is 13.7 Å². The molecule has 0 aromatic carbocycles. The molecule has 0 heterocycles. The minimum Gasteiger partial charge on any atom is -0.481 e. The van der Waals surface area contributed by atoms with Gasteiger partial charge in [-0.25, -0.2) is 4.99 Å². The van der Waals surface area contributed by atoms with Crippen molar-refractivity contribution < 1.29 is 4.74 Å². The van der Waals surface area contributed by atoms with Crippen LogP contribution in [0.4, 0.5) is 0 Å². The summed E-state index contributed by atoms with van der Waals surface area (Å²) in [7, 11) is 1.82. The van der Waals surface area contributed by atoms with E-state index in [9.17, 15) is 0 Å². The number of rotatable bonds is 4. The molecule has 0 aliphatic carbocycles. The van der Waals surface area contributed by atoms with Crippen LogP contribution in [0.15, 0.2) is 29.5 Å². The van der Waals surface area contributed by atoms with E-state index >= 15 is 0 Å². The number of aliphatic imine (C=N–C) groups is 1. The predicted octanol–water partition coefficient (Wildman–Crippen LogP) is 1.69. The van der Waals surface area contributed by atoms with Crippen LogP contribution in [0.5, 0.6) is 0 Å². The zero-order chi connectivity index (χ0) is 9.40. The Morgan fingerprint density at radius 2 is 2.33 bits per heavy atom. The van der Waals surface area contributed by atoms with Gasteiger partial charge < -0.3 is 10.1 Å². The first-order valence-electron chi connectivity index (χ1n) is 3.92. The zero-order valence-corrected chi connectivity index (χ0v) is 7.92. The van der Waals surface area contributed by atoms with Crippen molar-refractivity contribution in [3.05, 3.63) is 24.6 Å². The molecule has 0 amide bonds. The van der Waals surface area contributed by atoms with Crippen LogP contribution in [0.25, 0.3) is 0 Å². The van der Waals surface area contributed by atoms with Gasteiger partial charge in [0.1, 0.15) is 0 Å². The van der Waals surface area contributed by atoms with Crippen LogP contribution in [-0.4, -0.2) is 19.6 Å². The molecule has 0 atom stereocenters. The van der Waals surface area contributed by atoms with Crippen molar-refractivity contribution >= 4 is 5.90 Å². The van der Waals surface area contributed by atoms with Crippen molar-refractivity contribution in [1.82, 2.24) is 5.32 Å². The van der Waals surface area contributed by atoms with Crippen LogP contribution in [0.1, 0.15) is 13.8 Å². The van der Waals surface area contributed by atoms with Gasteiger partial charge in [0.05, 0.1) is 18.5 Å². The molecule has 0 radical (unpaired) electrons. The number of likely N-dealkylation sites (N-methyl/N-ethyl adjacent to an activating group) is 1. The minimum atomic E-state index is 0.645. The highest BCUT2D eigenvalue weighted by atomic mass is 16.5. The number of allylic oxidation sites excluding steroid dienone is 1. The predicted molar refractivity (Wildman–Crippen MR) is 52.1 cm³/mol. The summed E-state index contributed by atoms with van der Waals surface area (Å²) >= 11 is 0. The average molecular weight is 168 g/mol. The maximum Gasteiger partial charge on any atom is 0.184 e. The van der Waals surface area contributed by atoms with Gasteiger partial charge in [-0.15, -0.1) is 0 Å². The molecule has 0 aliphatic rings. The van der Waals surface area contributed by atoms with Crippen LogP contribution in [0.2, 0.25) is 0 Å². The van der Waals surface area contributed by atoms with Crippen molar-refractivity contribution in [3.8, 4) is 0 Å². The molecule has 1 N–H and O–H groups in total. The van der Waals surface area contributed by atoms with Gasteiger partial charge >= 0.3 is 0 Å². The Morgan fingerprint density at radius 1 is 1.67 bits per heavy atom. The van der Waals surface area contributed by atoms with Gasteiger partial charge in [-0.05, 0) is 13.0 Å². The highest BCUT2D eigenvalue weighted by Gasteiger charge is 1.86. The molecule has 0 rings (SSSR count). The summed E-state index contributed by atoms with van der Waals surface area (Å²) in [4.78, 5) is 4.05. The Bertz CT molecular complexity index is 195. The topological polar surface area (TPSA) is 33.6 Å². The molecule has 0 saturated carbocycles. The summed E-state index contributed by atoms with van der Waals surface area (Å²) in [6.07, 6.45) is 3.38. The Balaban J connectivity index is 4.13. The first-order valence-corrected chi connectivity index (χ1v) is 3.92. The van der Waals surface area contributed by atoms with Crippen LogP contribution in [0.3, 0.4) is 0 Å². The average Bonchev–Trinajstić information content (AvgIpc) is 2.07. The molecule has 3 nitrogen and oxygen atoms in total. The molecule has 0 bridgehead atoms. The van der Waals surface area contributed by atoms with Crippen molar-refractivity contribution in [3.63, 3.8) is 0 Å². The van der Waals surface area contributed by atoms with Crippen LogP contribution < -0.4 is 5.32 Å². The van der Waals surface area contributed by atoms with E-state index in [0.717, 1.165) is 5.70 Å². The van der Waals surface area contributed by atoms with Gasteiger partial charge in [0, 0.05) is 14.0 Å². The summed E-state index contributed by atoms with van der Waals surface area (Å²) in [6.45, 7) is 8.00. The molecule has 0 aromatic rings. The standard InChI is InChI=1S/C9H16N2O/c1-5-9(10-4)7-11-8(3)12-6-2/h5,7,10H,1,6H2,2-4H3/b9-7+,11-8?. The number of ether oxygens (including phenoxy) is 1. The van der Waals surface area contributed by atoms with Gasteiger partial charge in [0.25, 0.3) is 0 Å². The number of nitrogens with zero attached hydrogens (tertiary/aromatic N) is 1. The minimum absolute atomic E-state index is 0.645. The van der Waals surface area contributed by atoms with Gasteiger partial charge in [0.15, 0.2) is 5.90 Å². The molecule has 68 valence electrons. The number of hydrogen-bond acceptors (Lipinski definition) is 3. The molecule has 3 heteroatoms. The summed E-state index contributed by atoms with van der Waals surface area (Å²) in [5, 5.41) is 2.93. The van der Waals surface area contributed by atoms with E-state index in [1.807, 2.05) is 20.9 Å². The zero-order valence-electron chi connectivity index (χ0n) is 7.92. The molecule has 0 aromatic heterocycles. The van der Waals surface area contributed by atoms with E-state index in [0.29, 0.717) is 12.5 Å². The maximum atomic E-state index is 5.12. The second kappa shape index (κ2) is 6.46. The molecular formula is C9H16N2O. The van der Waals surface area contributed by atoms with E-state index in [1.54, 1.807) is 12.3 Å². The summed E-state index contributed by atoms with van der Waals surface area (Å²) in [6, 6.07) is 0. The Morgan fingerprint density at radius 3 is 2.75 bits per heavy atom. The van der Waals surface area contributed by atoms with Crippen LogP contribution in [-0.2, 0) is 4.74 Å². The van der Waals surface area contributed by atoms with Gasteiger partial charge in [-0.1, -0.05) is 6.58 Å². The fraction of sp³-hybridized carbons (Fsp3) is 0.444. The summed E-state index contributed by atoms with van der Waals surface area (Å²) in [5.74, 6) is 0.659. The smallest absolute Gasteiger partial charge is 0.184 e. The largest absolute Gasteiger partial charge is 0.481 e. The molecular weight excluding hydrogens is 152 g/mol. The molecule has 0 spiro atoms. The normalized spacial score (nSPS) is 12.6. The van der Waals surface area contributed by atoms with Gasteiger partial charge in [-0.2, -0.15) is 0 Å². The third-order valence-electron chi connectivity index (χ3n) is 1.25. The lowest BCUT2D eigenvalue weighted by Crippen LogP contribution is -2.03. The third kappa shape index (κ3) is 4.55. The Kier molecular flexibility index (Phi) is 5.79. The maximum absolute atomic E-state index is 5.12. The summed E-state index contributed by atoms with van der Waals surface area (Å²) in [5.41, 5.74) is 0.869. The van der Waals surface area contributed by atoms with Gasteiger partial charge in [-0.3, -0.25) is 0 Å². The second-order valence-corrected chi connectivity index (χ2v) is 2.12. The quantitative estimate of drug-likeness (QED) is 0.393. The lowest BCUT2D eigenvalue weighted by Gasteiger charge is -2.00. The fourth-order valence-corrected chi connectivity index (χ4v) is 0.626. The lowest BCUT2D eigenvalue weighted by molar-refractivity contribution is 0.324. The summed E-state index contributed by atoms with van der Waals surface area (Å²) < 4.78 is 5.12. The molecule has 0 fully saturated rings. The lowest BCUT2D eigenvalue weighted by atomic mass is 10.5. The molecule has 0 saturated heterocycles. The van der Waals surface area contributed by atoms with E-state index in [2.05, 4.69) is 16.9 Å². The first kappa shape index (κ1) is 10.8. The fourth-order valence-electron chi connectivity index (χ4n) is 0.626. The first-order chi connectivity index (χ1) is 5.74. The SMILES string of the molecule is C=C/C(=C\N=C(C)OCC)NC. The van der Waals surface area contributed by atoms with Crippen molar-refractivity contribution in [2.24, 2.45) is 4.99 Å².